The number of rotatable bonds is 8. The van der Waals surface area contributed by atoms with E-state index in [9.17, 15) is 14.0 Å². The van der Waals surface area contributed by atoms with Crippen molar-refractivity contribution in [1.82, 2.24) is 4.90 Å². The SMILES string of the molecule is CCOc1ccccc1NC(=O)[C@@H]1c2ccccc2C(=O)N(CCOC)[C@@H]1c1ccc(F)cc1. The number of carbonyl (C=O) groups is 2. The first-order valence-corrected chi connectivity index (χ1v) is 11.2. The number of nitrogens with zero attached hydrogens (tertiary/aromatic N) is 1. The van der Waals surface area contributed by atoms with Gasteiger partial charge in [0, 0.05) is 19.2 Å². The summed E-state index contributed by atoms with van der Waals surface area (Å²) in [4.78, 5) is 29.0. The molecule has 0 spiro atoms. The number of hydrogen-bond donors (Lipinski definition) is 1. The van der Waals surface area contributed by atoms with Crippen LogP contribution in [0, 0.1) is 5.82 Å². The lowest BCUT2D eigenvalue weighted by molar-refractivity contribution is -0.119. The largest absolute Gasteiger partial charge is 0.492 e. The highest BCUT2D eigenvalue weighted by Crippen LogP contribution is 2.43. The number of halogens is 1. The first-order chi connectivity index (χ1) is 16.5. The molecule has 2 atom stereocenters. The smallest absolute Gasteiger partial charge is 0.254 e. The maximum absolute atomic E-state index is 13.9. The van der Waals surface area contributed by atoms with Crippen molar-refractivity contribution in [3.63, 3.8) is 0 Å². The van der Waals surface area contributed by atoms with Crippen LogP contribution in [0.5, 0.6) is 5.75 Å². The number of amides is 2. The third-order valence-corrected chi connectivity index (χ3v) is 5.91. The van der Waals surface area contributed by atoms with Crippen molar-refractivity contribution in [2.24, 2.45) is 0 Å². The molecular formula is C27H27FN2O4. The maximum Gasteiger partial charge on any atom is 0.254 e. The van der Waals surface area contributed by atoms with Crippen LogP contribution in [0.3, 0.4) is 0 Å². The van der Waals surface area contributed by atoms with Crippen LogP contribution in [0.2, 0.25) is 0 Å². The number of anilines is 1. The molecule has 3 aromatic carbocycles. The lowest BCUT2D eigenvalue weighted by Crippen LogP contribution is -2.47. The van der Waals surface area contributed by atoms with Crippen molar-refractivity contribution in [3.05, 3.63) is 95.3 Å². The second kappa shape index (κ2) is 10.5. The van der Waals surface area contributed by atoms with Crippen molar-refractivity contribution in [3.8, 4) is 5.75 Å². The molecule has 0 aliphatic carbocycles. The van der Waals surface area contributed by atoms with Gasteiger partial charge in [-0.3, -0.25) is 9.59 Å². The van der Waals surface area contributed by atoms with Crippen molar-refractivity contribution < 1.29 is 23.5 Å². The van der Waals surface area contributed by atoms with Gasteiger partial charge in [0.2, 0.25) is 5.91 Å². The van der Waals surface area contributed by atoms with Crippen LogP contribution in [-0.4, -0.2) is 43.6 Å². The minimum atomic E-state index is -0.731. The second-order valence-corrected chi connectivity index (χ2v) is 7.97. The fourth-order valence-electron chi connectivity index (χ4n) is 4.40. The van der Waals surface area contributed by atoms with E-state index in [0.29, 0.717) is 41.3 Å². The van der Waals surface area contributed by atoms with Gasteiger partial charge < -0.3 is 19.7 Å². The summed E-state index contributed by atoms with van der Waals surface area (Å²) in [5.74, 6) is -1.04. The first kappa shape index (κ1) is 23.4. The number of benzene rings is 3. The molecule has 0 unspecified atom stereocenters. The maximum atomic E-state index is 13.9. The average molecular weight is 463 g/mol. The Balaban J connectivity index is 1.82. The quantitative estimate of drug-likeness (QED) is 0.523. The molecule has 176 valence electrons. The van der Waals surface area contributed by atoms with E-state index in [1.54, 1.807) is 54.5 Å². The number of ether oxygens (including phenoxy) is 2. The van der Waals surface area contributed by atoms with Gasteiger partial charge in [0.05, 0.1) is 30.9 Å². The van der Waals surface area contributed by atoms with Crippen LogP contribution < -0.4 is 10.1 Å². The summed E-state index contributed by atoms with van der Waals surface area (Å²) in [5.41, 5.74) is 2.31. The number of fused-ring (bicyclic) bond motifs is 1. The topological polar surface area (TPSA) is 67.9 Å². The number of carbonyl (C=O) groups excluding carboxylic acids is 2. The van der Waals surface area contributed by atoms with Crippen LogP contribution >= 0.6 is 0 Å². The predicted molar refractivity (Wildman–Crippen MR) is 127 cm³/mol. The van der Waals surface area contributed by atoms with Gasteiger partial charge in [-0.05, 0) is 48.4 Å². The Kier molecular flexibility index (Phi) is 7.23. The van der Waals surface area contributed by atoms with E-state index in [4.69, 9.17) is 9.47 Å². The number of nitrogens with one attached hydrogen (secondary N) is 1. The Morgan fingerprint density at radius 2 is 1.74 bits per heavy atom. The average Bonchev–Trinajstić information content (AvgIpc) is 2.85. The standard InChI is InChI=1S/C27H27FN2O4/c1-3-34-23-11-7-6-10-22(23)29-26(31)24-20-8-4-5-9-21(20)27(32)30(16-17-33-2)25(24)18-12-14-19(28)15-13-18/h4-15,24-25H,3,16-17H2,1-2H3,(H,29,31)/t24-,25-/m1/s1. The zero-order valence-electron chi connectivity index (χ0n) is 19.2. The van der Waals surface area contributed by atoms with Crippen LogP contribution in [-0.2, 0) is 9.53 Å². The molecule has 1 aliphatic heterocycles. The number of methoxy groups -OCH3 is 1. The van der Waals surface area contributed by atoms with E-state index in [0.717, 1.165) is 0 Å². The molecule has 0 aromatic heterocycles. The Morgan fingerprint density at radius 1 is 1.03 bits per heavy atom. The lowest BCUT2D eigenvalue weighted by Gasteiger charge is -2.41. The Bertz CT molecular complexity index is 1170. The number of hydrogen-bond acceptors (Lipinski definition) is 4. The van der Waals surface area contributed by atoms with Gasteiger partial charge in [0.25, 0.3) is 5.91 Å². The van der Waals surface area contributed by atoms with Crippen LogP contribution in [0.15, 0.2) is 72.8 Å². The fourth-order valence-corrected chi connectivity index (χ4v) is 4.40. The fraction of sp³-hybridized carbons (Fsp3) is 0.259. The first-order valence-electron chi connectivity index (χ1n) is 11.2. The summed E-state index contributed by atoms with van der Waals surface area (Å²) < 4.78 is 24.7. The molecule has 0 fully saturated rings. The molecule has 2 amide bonds. The minimum absolute atomic E-state index is 0.194. The zero-order chi connectivity index (χ0) is 24.1. The molecule has 0 radical (unpaired) electrons. The number of para-hydroxylation sites is 2. The molecule has 0 saturated heterocycles. The molecule has 0 bridgehead atoms. The Hall–Kier alpha value is -3.71. The van der Waals surface area contributed by atoms with Gasteiger partial charge in [-0.1, -0.05) is 42.5 Å². The predicted octanol–water partition coefficient (Wildman–Crippen LogP) is 4.79. The highest BCUT2D eigenvalue weighted by molar-refractivity contribution is 6.04. The van der Waals surface area contributed by atoms with Crippen LogP contribution in [0.25, 0.3) is 0 Å². The summed E-state index contributed by atoms with van der Waals surface area (Å²) in [7, 11) is 1.56. The van der Waals surface area contributed by atoms with Crippen molar-refractivity contribution in [2.45, 2.75) is 18.9 Å². The lowest BCUT2D eigenvalue weighted by atomic mass is 9.79. The van der Waals surface area contributed by atoms with E-state index in [-0.39, 0.29) is 24.2 Å². The third kappa shape index (κ3) is 4.65. The Labute approximate surface area is 198 Å². The summed E-state index contributed by atoms with van der Waals surface area (Å²) in [6.45, 7) is 2.91. The normalized spacial score (nSPS) is 17.3. The van der Waals surface area contributed by atoms with Gasteiger partial charge in [0.1, 0.15) is 11.6 Å². The zero-order valence-corrected chi connectivity index (χ0v) is 19.2. The van der Waals surface area contributed by atoms with E-state index in [1.807, 2.05) is 25.1 Å². The molecule has 7 heteroatoms. The van der Waals surface area contributed by atoms with Crippen LogP contribution in [0.1, 0.15) is 40.4 Å². The molecule has 4 rings (SSSR count). The van der Waals surface area contributed by atoms with Crippen molar-refractivity contribution in [2.75, 3.05) is 32.2 Å². The molecule has 34 heavy (non-hydrogen) atoms. The van der Waals surface area contributed by atoms with Crippen LogP contribution in [0.4, 0.5) is 10.1 Å². The Morgan fingerprint density at radius 3 is 2.47 bits per heavy atom. The molecular weight excluding hydrogens is 435 g/mol. The van der Waals surface area contributed by atoms with E-state index < -0.39 is 12.0 Å². The summed E-state index contributed by atoms with van der Waals surface area (Å²) in [5, 5.41) is 3.00. The summed E-state index contributed by atoms with van der Waals surface area (Å²) >= 11 is 0. The van der Waals surface area contributed by atoms with Gasteiger partial charge in [-0.25, -0.2) is 4.39 Å². The van der Waals surface area contributed by atoms with Crippen molar-refractivity contribution in [1.29, 1.82) is 0 Å². The van der Waals surface area contributed by atoms with Gasteiger partial charge in [0.15, 0.2) is 0 Å². The van der Waals surface area contributed by atoms with E-state index in [1.165, 1.54) is 12.1 Å². The summed E-state index contributed by atoms with van der Waals surface area (Å²) in [6.07, 6.45) is 0. The van der Waals surface area contributed by atoms with E-state index in [2.05, 4.69) is 5.32 Å². The van der Waals surface area contributed by atoms with Crippen molar-refractivity contribution >= 4 is 17.5 Å². The highest BCUT2D eigenvalue weighted by atomic mass is 19.1. The van der Waals surface area contributed by atoms with Gasteiger partial charge in [-0.2, -0.15) is 0 Å². The minimum Gasteiger partial charge on any atom is -0.492 e. The molecule has 0 saturated carbocycles. The van der Waals surface area contributed by atoms with Gasteiger partial charge >= 0.3 is 0 Å². The monoisotopic (exact) mass is 462 g/mol. The van der Waals surface area contributed by atoms with Gasteiger partial charge in [-0.15, -0.1) is 0 Å². The summed E-state index contributed by atoms with van der Waals surface area (Å²) in [6, 6.07) is 19.6. The molecule has 1 N–H and O–H groups in total. The third-order valence-electron chi connectivity index (χ3n) is 5.91. The molecule has 6 nitrogen and oxygen atoms in total. The van der Waals surface area contributed by atoms with E-state index >= 15 is 0 Å². The highest BCUT2D eigenvalue weighted by Gasteiger charge is 2.44. The molecule has 3 aromatic rings. The molecule has 1 aliphatic rings. The molecule has 1 heterocycles. The second-order valence-electron chi connectivity index (χ2n) is 7.97.